The van der Waals surface area contributed by atoms with E-state index in [1.165, 1.54) is 141 Å². The molecular weight excluding hydrogens is 813 g/mol. The van der Waals surface area contributed by atoms with Gasteiger partial charge in [0.2, 0.25) is 5.91 Å². The fraction of sp³-hybridized carbons (Fsp3) is 0.896. The third-order valence-corrected chi connectivity index (χ3v) is 13.0. The highest BCUT2D eigenvalue weighted by Gasteiger charge is 2.51. The zero-order chi connectivity index (χ0) is 45.9. The first-order chi connectivity index (χ1) is 29.8. The van der Waals surface area contributed by atoms with Crippen LogP contribution in [0.15, 0.2) is 24.3 Å². The normalized spacial score (nSPS) is 23.2. The van der Waals surface area contributed by atoms with Crippen molar-refractivity contribution in [1.29, 1.82) is 0 Å². The predicted molar refractivity (Wildman–Crippen MR) is 247 cm³/mol. The third kappa shape index (κ3) is 29.3. The molecule has 0 aromatic heterocycles. The number of hydrogen-bond acceptors (Lipinski definition) is 11. The number of hydrogen-bond donors (Lipinski definition) is 9. The number of unbranched alkanes of at least 4 members (excludes halogenated alkanes) is 26. The van der Waals surface area contributed by atoms with E-state index in [9.17, 15) is 50.0 Å². The summed E-state index contributed by atoms with van der Waals surface area (Å²) in [4.78, 5) is 23.5. The van der Waals surface area contributed by atoms with Crippen molar-refractivity contribution in [2.24, 2.45) is 0 Å². The molecular formula is C48H92NO12P. The lowest BCUT2D eigenvalue weighted by Crippen LogP contribution is -2.64. The smallest absolute Gasteiger partial charge is 0.393 e. The first-order valence-electron chi connectivity index (χ1n) is 24.9. The molecule has 8 unspecified atom stereocenters. The quantitative estimate of drug-likeness (QED) is 0.0159. The van der Waals surface area contributed by atoms with E-state index in [1.807, 2.05) is 0 Å². The molecule has 366 valence electrons. The molecule has 0 radical (unpaired) electrons. The Labute approximate surface area is 375 Å². The molecule has 1 aliphatic rings. The number of rotatable bonds is 41. The molecule has 1 amide bonds. The molecule has 1 saturated carbocycles. The van der Waals surface area contributed by atoms with E-state index < -0.39 is 75.2 Å². The first-order valence-corrected chi connectivity index (χ1v) is 26.4. The Morgan fingerprint density at radius 1 is 0.565 bits per heavy atom. The Morgan fingerprint density at radius 2 is 0.952 bits per heavy atom. The summed E-state index contributed by atoms with van der Waals surface area (Å²) >= 11 is 0. The van der Waals surface area contributed by atoms with Crippen molar-refractivity contribution in [3.63, 3.8) is 0 Å². The van der Waals surface area contributed by atoms with Gasteiger partial charge in [-0.05, 0) is 32.1 Å². The molecule has 1 fully saturated rings. The number of carbonyl (C=O) groups excluding carboxylic acids is 1. The van der Waals surface area contributed by atoms with Crippen LogP contribution in [0.5, 0.6) is 0 Å². The monoisotopic (exact) mass is 906 g/mol. The second-order valence-electron chi connectivity index (χ2n) is 17.8. The molecule has 8 atom stereocenters. The van der Waals surface area contributed by atoms with Gasteiger partial charge in [-0.3, -0.25) is 13.8 Å². The summed E-state index contributed by atoms with van der Waals surface area (Å²) in [7, 11) is -5.15. The zero-order valence-corrected chi connectivity index (χ0v) is 39.7. The van der Waals surface area contributed by atoms with Gasteiger partial charge < -0.3 is 46.0 Å². The third-order valence-electron chi connectivity index (χ3n) is 12.0. The fourth-order valence-electron chi connectivity index (χ4n) is 7.96. The van der Waals surface area contributed by atoms with E-state index in [2.05, 4.69) is 31.3 Å². The number of phosphoric ester groups is 1. The summed E-state index contributed by atoms with van der Waals surface area (Å²) in [6.07, 6.45) is 28.4. The highest BCUT2D eigenvalue weighted by Crippen LogP contribution is 2.47. The van der Waals surface area contributed by atoms with Crippen molar-refractivity contribution in [2.45, 2.75) is 268 Å². The number of phosphoric acid groups is 1. The van der Waals surface area contributed by atoms with Gasteiger partial charge in [0.05, 0.1) is 31.3 Å². The number of aliphatic hydroxyl groups excluding tert-OH is 7. The van der Waals surface area contributed by atoms with Crippen LogP contribution >= 0.6 is 7.82 Å². The number of amides is 1. The number of aliphatic hydroxyl groups is 7. The van der Waals surface area contributed by atoms with Crippen molar-refractivity contribution in [2.75, 3.05) is 6.61 Å². The molecule has 0 aromatic rings. The van der Waals surface area contributed by atoms with Crippen LogP contribution in [0.1, 0.15) is 213 Å². The standard InChI is InChI=1S/C48H92NO12P/c1-3-5-7-9-11-13-15-17-19-20-22-24-26-28-30-32-34-36-41(51)40(38-60-62(58,59)61-48-46(56)44(54)43(53)45(55)47(48)57)49-42(52)37-39(50)35-33-31-29-27-25-23-21-18-16-14-12-10-8-6-4-2/h26,28,34,36,39-41,43-48,50-51,53-57H,3-25,27,29-33,35,37-38H2,1-2H3,(H,49,52)(H,58,59)/b28-26+,36-34+. The van der Waals surface area contributed by atoms with Gasteiger partial charge in [-0.2, -0.15) is 0 Å². The van der Waals surface area contributed by atoms with Crippen LogP contribution in [0, 0.1) is 0 Å². The Morgan fingerprint density at radius 3 is 1.42 bits per heavy atom. The highest BCUT2D eigenvalue weighted by atomic mass is 31.2. The molecule has 1 rings (SSSR count). The summed E-state index contributed by atoms with van der Waals surface area (Å²) in [5.41, 5.74) is 0. The number of allylic oxidation sites excluding steroid dienone is 3. The van der Waals surface area contributed by atoms with E-state index in [1.54, 1.807) is 6.08 Å². The average Bonchev–Trinajstić information content (AvgIpc) is 3.24. The molecule has 0 saturated heterocycles. The van der Waals surface area contributed by atoms with E-state index in [0.717, 1.165) is 44.9 Å². The van der Waals surface area contributed by atoms with Gasteiger partial charge in [0, 0.05) is 0 Å². The molecule has 14 heteroatoms. The molecule has 1 aliphatic carbocycles. The van der Waals surface area contributed by atoms with Crippen LogP contribution in [-0.4, -0.2) is 108 Å². The minimum atomic E-state index is -5.15. The molecule has 62 heavy (non-hydrogen) atoms. The number of nitrogens with one attached hydrogen (secondary N) is 1. The van der Waals surface area contributed by atoms with Crippen LogP contribution in [0.25, 0.3) is 0 Å². The summed E-state index contributed by atoms with van der Waals surface area (Å²) in [6.45, 7) is 3.74. The minimum absolute atomic E-state index is 0.249. The molecule has 0 heterocycles. The Bertz CT molecular complexity index is 1160. The molecule has 13 nitrogen and oxygen atoms in total. The van der Waals surface area contributed by atoms with Crippen molar-refractivity contribution in [3.05, 3.63) is 24.3 Å². The Kier molecular flexibility index (Phi) is 36.0. The van der Waals surface area contributed by atoms with Crippen molar-refractivity contribution in [1.82, 2.24) is 5.32 Å². The lowest BCUT2D eigenvalue weighted by molar-refractivity contribution is -0.220. The van der Waals surface area contributed by atoms with Gasteiger partial charge in [-0.25, -0.2) is 4.57 Å². The van der Waals surface area contributed by atoms with E-state index in [4.69, 9.17) is 9.05 Å². The second kappa shape index (κ2) is 37.9. The highest BCUT2D eigenvalue weighted by molar-refractivity contribution is 7.47. The Balaban J connectivity index is 2.54. The molecule has 9 N–H and O–H groups in total. The van der Waals surface area contributed by atoms with Gasteiger partial charge in [-0.15, -0.1) is 0 Å². The Hall–Kier alpha value is -1.22. The lowest BCUT2D eigenvalue weighted by Gasteiger charge is -2.41. The van der Waals surface area contributed by atoms with E-state index >= 15 is 0 Å². The molecule has 0 aliphatic heterocycles. The summed E-state index contributed by atoms with van der Waals surface area (Å²) in [5.74, 6) is -0.600. The largest absolute Gasteiger partial charge is 0.472 e. The van der Waals surface area contributed by atoms with Crippen LogP contribution in [0.2, 0.25) is 0 Å². The van der Waals surface area contributed by atoms with Crippen LogP contribution < -0.4 is 5.32 Å². The summed E-state index contributed by atoms with van der Waals surface area (Å²) in [5, 5.41) is 74.5. The predicted octanol–water partition coefficient (Wildman–Crippen LogP) is 8.76. The summed E-state index contributed by atoms with van der Waals surface area (Å²) < 4.78 is 22.9. The number of carbonyl (C=O) groups is 1. The van der Waals surface area contributed by atoms with Crippen molar-refractivity contribution in [3.8, 4) is 0 Å². The topological polar surface area (TPSA) is 226 Å². The SMILES string of the molecule is CCCCCCCCCCCCC/C=C/CC/C=C/C(O)C(COP(=O)(O)OC1C(O)C(O)C(O)C(O)C1O)NC(=O)CC(O)CCCCCCCCCCCCCCCCC. The van der Waals surface area contributed by atoms with Gasteiger partial charge in [0.1, 0.15) is 36.6 Å². The van der Waals surface area contributed by atoms with Crippen molar-refractivity contribution >= 4 is 13.7 Å². The van der Waals surface area contributed by atoms with Crippen LogP contribution in [0.4, 0.5) is 0 Å². The van der Waals surface area contributed by atoms with Gasteiger partial charge in [0.25, 0.3) is 0 Å². The maximum atomic E-state index is 13.0. The van der Waals surface area contributed by atoms with Crippen LogP contribution in [0.3, 0.4) is 0 Å². The lowest BCUT2D eigenvalue weighted by atomic mass is 9.85. The zero-order valence-electron chi connectivity index (χ0n) is 38.8. The van der Waals surface area contributed by atoms with E-state index in [0.29, 0.717) is 12.8 Å². The molecule has 0 bridgehead atoms. The second-order valence-corrected chi connectivity index (χ2v) is 19.3. The van der Waals surface area contributed by atoms with Gasteiger partial charge in [0.15, 0.2) is 0 Å². The van der Waals surface area contributed by atoms with Gasteiger partial charge in [-0.1, -0.05) is 199 Å². The van der Waals surface area contributed by atoms with Gasteiger partial charge >= 0.3 is 7.82 Å². The molecule has 0 aromatic carbocycles. The maximum absolute atomic E-state index is 13.0. The fourth-order valence-corrected chi connectivity index (χ4v) is 8.93. The van der Waals surface area contributed by atoms with Crippen LogP contribution in [-0.2, 0) is 18.4 Å². The summed E-state index contributed by atoms with van der Waals surface area (Å²) in [6, 6.07) is -1.25. The van der Waals surface area contributed by atoms with Crippen molar-refractivity contribution < 1.29 is 59.0 Å². The first kappa shape index (κ1) is 58.8. The average molecular weight is 906 g/mol. The maximum Gasteiger partial charge on any atom is 0.472 e. The molecule has 0 spiro atoms. The minimum Gasteiger partial charge on any atom is -0.393 e. The van der Waals surface area contributed by atoms with E-state index in [-0.39, 0.29) is 6.42 Å².